The van der Waals surface area contributed by atoms with Crippen molar-refractivity contribution in [2.45, 2.75) is 24.9 Å². The van der Waals surface area contributed by atoms with Crippen LogP contribution in [0, 0.1) is 0 Å². The van der Waals surface area contributed by atoms with E-state index in [0.29, 0.717) is 63.9 Å². The van der Waals surface area contributed by atoms with Gasteiger partial charge in [-0.3, -0.25) is 29.4 Å². The van der Waals surface area contributed by atoms with E-state index in [9.17, 15) is 14.4 Å². The lowest BCUT2D eigenvalue weighted by atomic mass is 10.1. The molecular weight excluding hydrogens is 664 g/mol. The monoisotopic (exact) mass is 698 g/mol. The van der Waals surface area contributed by atoms with Crippen molar-refractivity contribution in [2.75, 3.05) is 44.3 Å². The van der Waals surface area contributed by atoms with E-state index >= 15 is 0 Å². The van der Waals surface area contributed by atoms with Crippen LogP contribution in [0.2, 0.25) is 0 Å². The third-order valence-electron chi connectivity index (χ3n) is 9.61. The second-order valence-electron chi connectivity index (χ2n) is 12.7. The van der Waals surface area contributed by atoms with Crippen molar-refractivity contribution in [3.05, 3.63) is 107 Å². The molecule has 0 unspecified atom stereocenters. The number of carbonyl (C=O) groups excluding carboxylic acids is 3. The zero-order valence-corrected chi connectivity index (χ0v) is 28.7. The number of rotatable bonds is 9. The van der Waals surface area contributed by atoms with Gasteiger partial charge in [-0.15, -0.1) is 0 Å². The van der Waals surface area contributed by atoms with Gasteiger partial charge in [-0.25, -0.2) is 4.79 Å². The molecule has 4 aliphatic rings. The fourth-order valence-electron chi connectivity index (χ4n) is 7.07. The van der Waals surface area contributed by atoms with Crippen LogP contribution in [0.25, 0.3) is 0 Å². The summed E-state index contributed by atoms with van der Waals surface area (Å²) < 4.78 is 28.5. The zero-order valence-electron chi connectivity index (χ0n) is 28.7. The Balaban J connectivity index is 1.03. The molecule has 12 heteroatoms. The van der Waals surface area contributed by atoms with Gasteiger partial charge in [0.1, 0.15) is 13.2 Å². The summed E-state index contributed by atoms with van der Waals surface area (Å²) in [6, 6.07) is 21.8. The van der Waals surface area contributed by atoms with Gasteiger partial charge in [-0.05, 0) is 35.4 Å². The maximum atomic E-state index is 13.8. The van der Waals surface area contributed by atoms with Gasteiger partial charge in [0, 0.05) is 60.4 Å². The van der Waals surface area contributed by atoms with Crippen LogP contribution >= 0.6 is 0 Å². The standard InChI is InChI=1S/C40H34N4O8/c1-48-34-15-28-30(41-19-26-13-24-8-4-6-10-32(24)43(26)39(28)46)17-36(34)51-21-23(12-38(45)50-3)22-52-37-18-31-29(16-35(37)49-2)40(47)44-27(20-42-31)14-25-9-5-7-11-33(25)44/h4-12,15-20,26-27H,13-14,21-22H2,1-3H3/t26-,27-/m0/s1. The summed E-state index contributed by atoms with van der Waals surface area (Å²) in [5, 5.41) is 0. The summed E-state index contributed by atoms with van der Waals surface area (Å²) in [6.45, 7) is -0.187. The van der Waals surface area contributed by atoms with Gasteiger partial charge in [0.25, 0.3) is 11.8 Å². The highest BCUT2D eigenvalue weighted by atomic mass is 16.5. The Hall–Kier alpha value is -6.43. The quantitative estimate of drug-likeness (QED) is 0.158. The number of methoxy groups -OCH3 is 3. The highest BCUT2D eigenvalue weighted by Gasteiger charge is 2.38. The van der Waals surface area contributed by atoms with Crippen LogP contribution in [0.4, 0.5) is 22.7 Å². The summed E-state index contributed by atoms with van der Waals surface area (Å²) in [5.41, 5.74) is 5.98. The fourth-order valence-corrected chi connectivity index (χ4v) is 7.07. The van der Waals surface area contributed by atoms with Gasteiger partial charge < -0.3 is 23.7 Å². The van der Waals surface area contributed by atoms with Crippen LogP contribution in [0.3, 0.4) is 0 Å². The Bertz CT molecular complexity index is 2080. The topological polar surface area (TPSA) is 129 Å². The van der Waals surface area contributed by atoms with Crippen molar-refractivity contribution in [1.82, 2.24) is 0 Å². The first-order valence-corrected chi connectivity index (χ1v) is 16.7. The van der Waals surface area contributed by atoms with Crippen molar-refractivity contribution in [3.8, 4) is 23.0 Å². The summed E-state index contributed by atoms with van der Waals surface area (Å²) in [5.74, 6) is 0.325. The van der Waals surface area contributed by atoms with E-state index in [0.717, 1.165) is 22.5 Å². The van der Waals surface area contributed by atoms with E-state index in [4.69, 9.17) is 23.7 Å². The molecule has 4 aliphatic heterocycles. The van der Waals surface area contributed by atoms with Gasteiger partial charge >= 0.3 is 5.97 Å². The molecule has 4 aromatic carbocycles. The SMILES string of the molecule is COC(=O)C=C(COc1cc2c(cc1OC)C(=O)N1c3ccccc3C[C@H]1C=N2)COc1cc2c(cc1OC)C(=O)N1c3ccccc3C[C@H]1C=N2. The average Bonchev–Trinajstić information content (AvgIpc) is 3.66. The number of fused-ring (bicyclic) bond motifs is 8. The third kappa shape index (κ3) is 5.71. The molecule has 2 atom stereocenters. The maximum absolute atomic E-state index is 13.8. The molecule has 4 heterocycles. The highest BCUT2D eigenvalue weighted by molar-refractivity contribution is 6.15. The summed E-state index contributed by atoms with van der Waals surface area (Å²) in [4.78, 5) is 52.9. The Kier molecular flexibility index (Phi) is 8.42. The number of anilines is 2. The molecule has 8 rings (SSSR count). The molecule has 52 heavy (non-hydrogen) atoms. The van der Waals surface area contributed by atoms with Crippen LogP contribution in [-0.2, 0) is 22.4 Å². The molecule has 0 aromatic heterocycles. The lowest BCUT2D eigenvalue weighted by Gasteiger charge is -2.22. The molecule has 0 bridgehead atoms. The third-order valence-corrected chi connectivity index (χ3v) is 9.61. The van der Waals surface area contributed by atoms with Crippen LogP contribution in [0.5, 0.6) is 23.0 Å². The van der Waals surface area contributed by atoms with Crippen LogP contribution in [0.1, 0.15) is 31.8 Å². The summed E-state index contributed by atoms with van der Waals surface area (Å²) in [6.07, 6.45) is 6.20. The minimum absolute atomic E-state index is 0.0933. The lowest BCUT2D eigenvalue weighted by Crippen LogP contribution is -2.37. The highest BCUT2D eigenvalue weighted by Crippen LogP contribution is 2.43. The van der Waals surface area contributed by atoms with Crippen molar-refractivity contribution < 1.29 is 38.1 Å². The normalized spacial score (nSPS) is 17.4. The number of nitrogens with zero attached hydrogens (tertiary/aromatic N) is 4. The summed E-state index contributed by atoms with van der Waals surface area (Å²) >= 11 is 0. The number of hydrogen-bond donors (Lipinski definition) is 0. The fraction of sp³-hybridized carbons (Fsp3) is 0.225. The van der Waals surface area contributed by atoms with Crippen molar-refractivity contribution >= 4 is 53.0 Å². The Labute approximate surface area is 299 Å². The van der Waals surface area contributed by atoms with Gasteiger partial charge in [-0.1, -0.05) is 36.4 Å². The van der Waals surface area contributed by atoms with Crippen molar-refractivity contribution in [2.24, 2.45) is 9.98 Å². The van der Waals surface area contributed by atoms with E-state index in [-0.39, 0.29) is 37.1 Å². The minimum atomic E-state index is -0.600. The first-order valence-electron chi connectivity index (χ1n) is 16.7. The molecule has 0 aliphatic carbocycles. The summed E-state index contributed by atoms with van der Waals surface area (Å²) in [7, 11) is 4.25. The number of para-hydroxylation sites is 2. The second kappa shape index (κ2) is 13.4. The number of benzene rings is 4. The zero-order chi connectivity index (χ0) is 35.9. The van der Waals surface area contributed by atoms with Gasteiger partial charge in [0.05, 0.1) is 55.9 Å². The molecular formula is C40H34N4O8. The number of amides is 2. The smallest absolute Gasteiger partial charge is 0.330 e. The van der Waals surface area contributed by atoms with E-state index in [1.165, 1.54) is 27.4 Å². The number of esters is 1. The molecule has 0 fully saturated rings. The van der Waals surface area contributed by atoms with E-state index in [1.807, 2.05) is 48.5 Å². The van der Waals surface area contributed by atoms with Crippen LogP contribution in [-0.4, -0.2) is 76.8 Å². The molecule has 0 saturated carbocycles. The van der Waals surface area contributed by atoms with E-state index < -0.39 is 5.97 Å². The molecule has 4 aromatic rings. The second-order valence-corrected chi connectivity index (χ2v) is 12.7. The van der Waals surface area contributed by atoms with Gasteiger partial charge in [0.15, 0.2) is 23.0 Å². The first-order chi connectivity index (χ1) is 25.4. The largest absolute Gasteiger partial charge is 0.493 e. The Morgan fingerprint density at radius 2 is 1.15 bits per heavy atom. The molecule has 0 radical (unpaired) electrons. The van der Waals surface area contributed by atoms with Crippen LogP contribution in [0.15, 0.2) is 94.4 Å². The number of ether oxygens (including phenoxy) is 5. The molecule has 0 saturated heterocycles. The molecule has 262 valence electrons. The average molecular weight is 699 g/mol. The first kappa shape index (κ1) is 32.8. The van der Waals surface area contributed by atoms with Crippen molar-refractivity contribution in [3.63, 3.8) is 0 Å². The molecule has 12 nitrogen and oxygen atoms in total. The van der Waals surface area contributed by atoms with Gasteiger partial charge in [0.2, 0.25) is 0 Å². The van der Waals surface area contributed by atoms with Crippen molar-refractivity contribution in [1.29, 1.82) is 0 Å². The molecule has 0 spiro atoms. The van der Waals surface area contributed by atoms with E-state index in [1.54, 1.807) is 46.5 Å². The Morgan fingerprint density at radius 3 is 1.60 bits per heavy atom. The van der Waals surface area contributed by atoms with Crippen LogP contribution < -0.4 is 28.7 Å². The predicted molar refractivity (Wildman–Crippen MR) is 195 cm³/mol. The Morgan fingerprint density at radius 1 is 0.692 bits per heavy atom. The maximum Gasteiger partial charge on any atom is 0.330 e. The molecule has 2 amide bonds. The number of carbonyl (C=O) groups is 3. The minimum Gasteiger partial charge on any atom is -0.493 e. The lowest BCUT2D eigenvalue weighted by molar-refractivity contribution is -0.134. The molecule has 0 N–H and O–H groups in total. The van der Waals surface area contributed by atoms with E-state index in [2.05, 4.69) is 9.98 Å². The van der Waals surface area contributed by atoms with Gasteiger partial charge in [-0.2, -0.15) is 0 Å². The number of hydrogen-bond acceptors (Lipinski definition) is 10. The predicted octanol–water partition coefficient (Wildman–Crippen LogP) is 5.84. The number of aliphatic imine (C=N–C) groups is 2.